The molecule has 0 aliphatic heterocycles. The summed E-state index contributed by atoms with van der Waals surface area (Å²) in [4.78, 5) is 0. The number of aromatic hydroxyl groups is 1. The second-order valence-corrected chi connectivity index (χ2v) is 8.79. The molecule has 0 fully saturated rings. The Hall–Kier alpha value is -0.980. The first kappa shape index (κ1) is 18.1. The van der Waals surface area contributed by atoms with Crippen LogP contribution in [0.1, 0.15) is 78.4 Å². The number of hydrogen-bond donors (Lipinski definition) is 1. The Kier molecular flexibility index (Phi) is 6.31. The molecule has 0 aliphatic rings. The minimum Gasteiger partial charge on any atom is -0.508 e. The van der Waals surface area contributed by atoms with Crippen LogP contribution in [0, 0.1) is 10.8 Å². The minimum absolute atomic E-state index is 0.377. The van der Waals surface area contributed by atoms with Crippen LogP contribution < -0.4 is 0 Å². The molecule has 0 heterocycles. The zero-order valence-electron chi connectivity index (χ0n) is 14.9. The Balaban J connectivity index is 2.48. The van der Waals surface area contributed by atoms with Gasteiger partial charge in [-0.3, -0.25) is 0 Å². The third-order valence-corrected chi connectivity index (χ3v) is 3.91. The highest BCUT2D eigenvalue weighted by molar-refractivity contribution is 5.36. The lowest BCUT2D eigenvalue weighted by Crippen LogP contribution is -2.05. The number of hydrogen-bond acceptors (Lipinski definition) is 1. The highest BCUT2D eigenvalue weighted by Gasteiger charge is 2.12. The van der Waals surface area contributed by atoms with Gasteiger partial charge in [0.05, 0.1) is 0 Å². The molecular formula is C20H34O. The monoisotopic (exact) mass is 290 g/mol. The normalized spacial score (nSPS) is 12.7. The van der Waals surface area contributed by atoms with Crippen LogP contribution in [0.4, 0.5) is 0 Å². The predicted octanol–water partition coefficient (Wildman–Crippen LogP) is 6.13. The lowest BCUT2D eigenvalue weighted by atomic mass is 9.88. The largest absolute Gasteiger partial charge is 0.508 e. The molecule has 1 N–H and O–H groups in total. The van der Waals surface area contributed by atoms with Gasteiger partial charge in [0.2, 0.25) is 0 Å². The molecule has 0 saturated heterocycles. The van der Waals surface area contributed by atoms with Crippen LogP contribution in [0.3, 0.4) is 0 Å². The van der Waals surface area contributed by atoms with Crippen molar-refractivity contribution in [2.24, 2.45) is 10.8 Å². The average Bonchev–Trinajstić information content (AvgIpc) is 2.28. The zero-order valence-corrected chi connectivity index (χ0v) is 14.9. The van der Waals surface area contributed by atoms with E-state index >= 15 is 0 Å². The fraction of sp³-hybridized carbons (Fsp3) is 0.700. The van der Waals surface area contributed by atoms with Gasteiger partial charge in [0, 0.05) is 0 Å². The van der Waals surface area contributed by atoms with Gasteiger partial charge in [0.25, 0.3) is 0 Å². The Morgan fingerprint density at radius 3 is 1.81 bits per heavy atom. The van der Waals surface area contributed by atoms with Gasteiger partial charge in [0.15, 0.2) is 0 Å². The number of aryl methyl sites for hydroxylation is 2. The lowest BCUT2D eigenvalue weighted by Gasteiger charge is -2.18. The summed E-state index contributed by atoms with van der Waals surface area (Å²) in [7, 11) is 0. The van der Waals surface area contributed by atoms with Crippen molar-refractivity contribution in [2.45, 2.75) is 80.1 Å². The first-order valence-corrected chi connectivity index (χ1v) is 8.38. The summed E-state index contributed by atoms with van der Waals surface area (Å²) in [6, 6.07) is 6.27. The van der Waals surface area contributed by atoms with Gasteiger partial charge in [-0.1, -0.05) is 53.7 Å². The van der Waals surface area contributed by atoms with E-state index in [9.17, 15) is 5.11 Å². The van der Waals surface area contributed by atoms with Crippen LogP contribution in [-0.4, -0.2) is 5.11 Å². The molecule has 0 amide bonds. The number of rotatable bonds is 6. The number of phenols is 1. The van der Waals surface area contributed by atoms with Crippen molar-refractivity contribution in [3.8, 4) is 5.75 Å². The van der Waals surface area contributed by atoms with Crippen LogP contribution in [0.15, 0.2) is 18.2 Å². The first-order valence-electron chi connectivity index (χ1n) is 8.38. The third kappa shape index (κ3) is 8.14. The van der Waals surface area contributed by atoms with Gasteiger partial charge in [-0.05, 0) is 66.5 Å². The Morgan fingerprint density at radius 1 is 0.810 bits per heavy atom. The van der Waals surface area contributed by atoms with Crippen molar-refractivity contribution >= 4 is 0 Å². The molecule has 0 spiro atoms. The van der Waals surface area contributed by atoms with E-state index in [0.29, 0.717) is 16.6 Å². The summed E-state index contributed by atoms with van der Waals surface area (Å²) in [5.74, 6) is 0.483. The molecule has 0 unspecified atom stereocenters. The minimum atomic E-state index is 0.377. The molecule has 1 aromatic rings. The molecule has 1 rings (SSSR count). The Labute approximate surface area is 131 Å². The van der Waals surface area contributed by atoms with E-state index < -0.39 is 0 Å². The second-order valence-electron chi connectivity index (χ2n) is 8.79. The SMILES string of the molecule is CC(C)(C)CCCc1ccc(CCCC(C)(C)C)c(O)c1. The Morgan fingerprint density at radius 2 is 1.33 bits per heavy atom. The summed E-state index contributed by atoms with van der Waals surface area (Å²) in [6.45, 7) is 13.6. The molecule has 1 heteroatoms. The van der Waals surface area contributed by atoms with E-state index in [2.05, 4.69) is 53.7 Å². The van der Waals surface area contributed by atoms with Crippen LogP contribution in [0.5, 0.6) is 5.75 Å². The smallest absolute Gasteiger partial charge is 0.119 e. The molecule has 0 saturated carbocycles. The maximum Gasteiger partial charge on any atom is 0.119 e. The molecule has 0 bridgehead atoms. The quantitative estimate of drug-likeness (QED) is 0.668. The van der Waals surface area contributed by atoms with E-state index in [1.165, 1.54) is 24.8 Å². The molecule has 0 radical (unpaired) electrons. The second kappa shape index (κ2) is 7.33. The van der Waals surface area contributed by atoms with Gasteiger partial charge < -0.3 is 5.11 Å². The molecule has 1 nitrogen and oxygen atoms in total. The number of phenolic OH excluding ortho intramolecular Hbond substituents is 1. The highest BCUT2D eigenvalue weighted by atomic mass is 16.3. The fourth-order valence-corrected chi connectivity index (χ4v) is 2.61. The van der Waals surface area contributed by atoms with Crippen LogP contribution >= 0.6 is 0 Å². The van der Waals surface area contributed by atoms with Crippen molar-refractivity contribution in [3.05, 3.63) is 29.3 Å². The average molecular weight is 290 g/mol. The van der Waals surface area contributed by atoms with E-state index in [-0.39, 0.29) is 0 Å². The lowest BCUT2D eigenvalue weighted by molar-refractivity contribution is 0.363. The highest BCUT2D eigenvalue weighted by Crippen LogP contribution is 2.27. The van der Waals surface area contributed by atoms with E-state index in [0.717, 1.165) is 24.8 Å². The van der Waals surface area contributed by atoms with Gasteiger partial charge in [-0.15, -0.1) is 0 Å². The standard InChI is InChI=1S/C20H34O/c1-19(2,3)13-7-9-16-11-12-17(18(21)15-16)10-8-14-20(4,5)6/h11-12,15,21H,7-10,13-14H2,1-6H3. The molecular weight excluding hydrogens is 256 g/mol. The van der Waals surface area contributed by atoms with Gasteiger partial charge >= 0.3 is 0 Å². The zero-order chi connectivity index (χ0) is 16.1. The molecule has 21 heavy (non-hydrogen) atoms. The Bertz CT molecular complexity index is 432. The van der Waals surface area contributed by atoms with Crippen molar-refractivity contribution in [1.82, 2.24) is 0 Å². The van der Waals surface area contributed by atoms with Crippen LogP contribution in [-0.2, 0) is 12.8 Å². The third-order valence-electron chi connectivity index (χ3n) is 3.91. The van der Waals surface area contributed by atoms with Crippen molar-refractivity contribution in [3.63, 3.8) is 0 Å². The summed E-state index contributed by atoms with van der Waals surface area (Å²) >= 11 is 0. The molecule has 120 valence electrons. The van der Waals surface area contributed by atoms with Gasteiger partial charge in [-0.25, -0.2) is 0 Å². The maximum absolute atomic E-state index is 10.2. The fourth-order valence-electron chi connectivity index (χ4n) is 2.61. The molecule has 0 aromatic heterocycles. The van der Waals surface area contributed by atoms with E-state index in [4.69, 9.17) is 0 Å². The molecule has 0 aliphatic carbocycles. The van der Waals surface area contributed by atoms with Crippen molar-refractivity contribution in [2.75, 3.05) is 0 Å². The van der Waals surface area contributed by atoms with Gasteiger partial charge in [0.1, 0.15) is 5.75 Å². The summed E-state index contributed by atoms with van der Waals surface area (Å²) < 4.78 is 0. The summed E-state index contributed by atoms with van der Waals surface area (Å²) in [5.41, 5.74) is 3.13. The molecule has 0 atom stereocenters. The first-order chi connectivity index (χ1) is 9.57. The molecule has 1 aromatic carbocycles. The van der Waals surface area contributed by atoms with E-state index in [1.807, 2.05) is 6.07 Å². The maximum atomic E-state index is 10.2. The van der Waals surface area contributed by atoms with E-state index in [1.54, 1.807) is 0 Å². The van der Waals surface area contributed by atoms with Crippen molar-refractivity contribution in [1.29, 1.82) is 0 Å². The van der Waals surface area contributed by atoms with Gasteiger partial charge in [-0.2, -0.15) is 0 Å². The predicted molar refractivity (Wildman–Crippen MR) is 92.9 cm³/mol. The summed E-state index contributed by atoms with van der Waals surface area (Å²) in [6.07, 6.45) is 6.78. The topological polar surface area (TPSA) is 20.2 Å². The summed E-state index contributed by atoms with van der Waals surface area (Å²) in [5, 5.41) is 10.2. The number of benzene rings is 1. The van der Waals surface area contributed by atoms with Crippen LogP contribution in [0.2, 0.25) is 0 Å². The van der Waals surface area contributed by atoms with Crippen LogP contribution in [0.25, 0.3) is 0 Å². The van der Waals surface area contributed by atoms with Crippen molar-refractivity contribution < 1.29 is 5.11 Å².